The van der Waals surface area contributed by atoms with E-state index in [9.17, 15) is 19.2 Å². The van der Waals surface area contributed by atoms with E-state index in [1.807, 2.05) is 60.7 Å². The molecular weight excluding hydrogens is 548 g/mol. The van der Waals surface area contributed by atoms with Crippen LogP contribution >= 0.6 is 0 Å². The Kier molecular flexibility index (Phi) is 9.23. The highest BCUT2D eigenvalue weighted by Crippen LogP contribution is 2.33. The fourth-order valence-corrected chi connectivity index (χ4v) is 4.59. The van der Waals surface area contributed by atoms with Crippen LogP contribution in [0.25, 0.3) is 0 Å². The van der Waals surface area contributed by atoms with Crippen molar-refractivity contribution in [1.29, 1.82) is 0 Å². The predicted molar refractivity (Wildman–Crippen MR) is 160 cm³/mol. The number of carbonyl (C=O) groups is 4. The van der Waals surface area contributed by atoms with Gasteiger partial charge in [-0.15, -0.1) is 0 Å². The number of β-lactam (4-membered cyclic amide) rings is 1. The molecule has 1 aliphatic rings. The Hall–Kier alpha value is -4.66. The van der Waals surface area contributed by atoms with Gasteiger partial charge in [0.2, 0.25) is 5.91 Å². The van der Waals surface area contributed by atoms with Gasteiger partial charge in [0.15, 0.2) is 12.1 Å². The van der Waals surface area contributed by atoms with Crippen LogP contribution in [0.4, 0.5) is 4.79 Å². The summed E-state index contributed by atoms with van der Waals surface area (Å²) >= 11 is 0. The number of benzene rings is 3. The molecule has 1 N–H and O–H groups in total. The molecule has 9 nitrogen and oxygen atoms in total. The van der Waals surface area contributed by atoms with E-state index in [1.165, 1.54) is 4.90 Å². The van der Waals surface area contributed by atoms with Crippen molar-refractivity contribution in [2.45, 2.75) is 70.9 Å². The summed E-state index contributed by atoms with van der Waals surface area (Å²) in [6.45, 7) is 10.6. The van der Waals surface area contributed by atoms with Crippen LogP contribution in [0.15, 0.2) is 84.9 Å². The highest BCUT2D eigenvalue weighted by molar-refractivity contribution is 5.95. The molecule has 2 amide bonds. The van der Waals surface area contributed by atoms with Gasteiger partial charge in [-0.25, -0.2) is 14.4 Å². The number of hydrogen-bond donors (Lipinski definition) is 1. The van der Waals surface area contributed by atoms with Crippen LogP contribution in [0.5, 0.6) is 0 Å². The van der Waals surface area contributed by atoms with Gasteiger partial charge in [0, 0.05) is 0 Å². The average molecular weight is 587 g/mol. The fourth-order valence-electron chi connectivity index (χ4n) is 4.59. The lowest BCUT2D eigenvalue weighted by molar-refractivity contribution is -0.165. The second kappa shape index (κ2) is 12.7. The minimum Gasteiger partial charge on any atom is -0.456 e. The number of rotatable bonds is 8. The van der Waals surface area contributed by atoms with Crippen LogP contribution in [0, 0.1) is 0 Å². The Balaban J connectivity index is 1.62. The van der Waals surface area contributed by atoms with Crippen molar-refractivity contribution in [3.8, 4) is 0 Å². The van der Waals surface area contributed by atoms with E-state index in [-0.39, 0.29) is 6.54 Å². The van der Waals surface area contributed by atoms with E-state index < -0.39 is 53.3 Å². The second-order valence-corrected chi connectivity index (χ2v) is 12.4. The molecule has 0 spiro atoms. The molecule has 1 saturated heterocycles. The zero-order valence-electron chi connectivity index (χ0n) is 25.3. The normalized spacial score (nSPS) is 15.7. The molecule has 1 heterocycles. The molecule has 3 aromatic carbocycles. The Bertz CT molecular complexity index is 1400. The van der Waals surface area contributed by atoms with Crippen molar-refractivity contribution in [3.05, 3.63) is 107 Å². The van der Waals surface area contributed by atoms with Crippen molar-refractivity contribution < 1.29 is 33.4 Å². The maximum absolute atomic E-state index is 14.0. The number of carbonyl (C=O) groups excluding carboxylic acids is 4. The monoisotopic (exact) mass is 586 g/mol. The SMILES string of the molecule is CC(C)(C)OC(=O)N[C@H]1CN([C@@H](C(=O)OC(c2ccccc2)c2ccccc2)c2ccc(C(=O)OC(C)(C)C)cc2)C1=O. The number of esters is 2. The lowest BCUT2D eigenvalue weighted by Gasteiger charge is -2.43. The highest BCUT2D eigenvalue weighted by Gasteiger charge is 2.46. The standard InChI is InChI=1S/C34H38N2O7/c1-33(2,3)42-30(38)25-19-17-22(18-20-25)27(36-21-26(29(36)37)35-32(40)43-34(4,5)6)31(39)41-28(23-13-9-7-10-14-23)24-15-11-8-12-16-24/h7-20,26-28H,21H2,1-6H3,(H,35,40)/t26-,27+/m0/s1. The van der Waals surface area contributed by atoms with Gasteiger partial charge < -0.3 is 24.4 Å². The third-order valence-electron chi connectivity index (χ3n) is 6.49. The second-order valence-electron chi connectivity index (χ2n) is 12.4. The summed E-state index contributed by atoms with van der Waals surface area (Å²) in [5.74, 6) is -1.63. The topological polar surface area (TPSA) is 111 Å². The van der Waals surface area contributed by atoms with Crippen molar-refractivity contribution in [3.63, 3.8) is 0 Å². The number of ether oxygens (including phenoxy) is 3. The van der Waals surface area contributed by atoms with E-state index >= 15 is 0 Å². The number of alkyl carbamates (subject to hydrolysis) is 1. The fraction of sp³-hybridized carbons (Fsp3) is 0.353. The van der Waals surface area contributed by atoms with Crippen molar-refractivity contribution in [2.24, 2.45) is 0 Å². The molecule has 0 bridgehead atoms. The molecule has 1 aliphatic heterocycles. The van der Waals surface area contributed by atoms with Gasteiger partial charge in [-0.05, 0) is 70.4 Å². The first kappa shape index (κ1) is 31.3. The van der Waals surface area contributed by atoms with Crippen LogP contribution in [-0.4, -0.2) is 52.6 Å². The quantitative estimate of drug-likeness (QED) is 0.203. The van der Waals surface area contributed by atoms with E-state index in [2.05, 4.69) is 5.32 Å². The zero-order chi connectivity index (χ0) is 31.4. The molecule has 4 rings (SSSR count). The van der Waals surface area contributed by atoms with Crippen molar-refractivity contribution in [2.75, 3.05) is 6.54 Å². The Morgan fingerprint density at radius 1 is 0.744 bits per heavy atom. The van der Waals surface area contributed by atoms with Crippen molar-refractivity contribution >= 4 is 23.9 Å². The summed E-state index contributed by atoms with van der Waals surface area (Å²) in [7, 11) is 0. The Labute approximate surface area is 252 Å². The lowest BCUT2D eigenvalue weighted by Crippen LogP contribution is -2.65. The minimum absolute atomic E-state index is 0.0625. The molecule has 2 atom stereocenters. The molecule has 0 aliphatic carbocycles. The highest BCUT2D eigenvalue weighted by atomic mass is 16.6. The first-order valence-corrected chi connectivity index (χ1v) is 14.2. The number of nitrogens with one attached hydrogen (secondary N) is 1. The molecule has 0 radical (unpaired) electrons. The largest absolute Gasteiger partial charge is 0.456 e. The average Bonchev–Trinajstić information content (AvgIpc) is 2.94. The van der Waals surface area contributed by atoms with Gasteiger partial charge >= 0.3 is 18.0 Å². The summed E-state index contributed by atoms with van der Waals surface area (Å²) in [6.07, 6.45) is -1.45. The molecule has 0 saturated carbocycles. The number of hydrogen-bond acceptors (Lipinski definition) is 7. The smallest absolute Gasteiger partial charge is 0.408 e. The Morgan fingerprint density at radius 3 is 1.72 bits per heavy atom. The van der Waals surface area contributed by atoms with E-state index in [1.54, 1.807) is 65.8 Å². The Morgan fingerprint density at radius 2 is 1.26 bits per heavy atom. The van der Waals surface area contributed by atoms with Crippen molar-refractivity contribution in [1.82, 2.24) is 10.2 Å². The maximum atomic E-state index is 14.0. The summed E-state index contributed by atoms with van der Waals surface area (Å²) in [5.41, 5.74) is 0.869. The van der Waals surface area contributed by atoms with Gasteiger partial charge in [0.25, 0.3) is 0 Å². The van der Waals surface area contributed by atoms with Gasteiger partial charge in [0.05, 0.1) is 12.1 Å². The summed E-state index contributed by atoms with van der Waals surface area (Å²) in [6, 6.07) is 23.0. The molecule has 1 fully saturated rings. The summed E-state index contributed by atoms with van der Waals surface area (Å²) in [4.78, 5) is 53.6. The molecular formula is C34H38N2O7. The molecule has 43 heavy (non-hydrogen) atoms. The predicted octanol–water partition coefficient (Wildman–Crippen LogP) is 5.75. The van der Waals surface area contributed by atoms with E-state index in [0.29, 0.717) is 11.1 Å². The van der Waals surface area contributed by atoms with E-state index in [4.69, 9.17) is 14.2 Å². The third kappa shape index (κ3) is 8.22. The minimum atomic E-state index is -1.13. The molecule has 0 aromatic heterocycles. The lowest BCUT2D eigenvalue weighted by atomic mass is 9.96. The van der Waals surface area contributed by atoms with Gasteiger partial charge in [-0.2, -0.15) is 0 Å². The first-order valence-electron chi connectivity index (χ1n) is 14.2. The number of likely N-dealkylation sites (tertiary alicyclic amines) is 1. The number of amides is 2. The zero-order valence-corrected chi connectivity index (χ0v) is 25.3. The van der Waals surface area contributed by atoms with Crippen LogP contribution in [0.2, 0.25) is 0 Å². The molecule has 9 heteroatoms. The summed E-state index contributed by atoms with van der Waals surface area (Å²) < 4.78 is 16.9. The van der Waals surface area contributed by atoms with Crippen LogP contribution < -0.4 is 5.32 Å². The molecule has 3 aromatic rings. The first-order chi connectivity index (χ1) is 20.2. The van der Waals surface area contributed by atoms with Crippen LogP contribution in [0.1, 0.15) is 80.7 Å². The maximum Gasteiger partial charge on any atom is 0.408 e. The molecule has 0 unspecified atom stereocenters. The molecule has 226 valence electrons. The van der Waals surface area contributed by atoms with Gasteiger partial charge in [0.1, 0.15) is 17.2 Å². The van der Waals surface area contributed by atoms with Gasteiger partial charge in [-0.3, -0.25) is 4.79 Å². The summed E-state index contributed by atoms with van der Waals surface area (Å²) in [5, 5.41) is 2.57. The van der Waals surface area contributed by atoms with Gasteiger partial charge in [-0.1, -0.05) is 72.8 Å². The number of nitrogens with zero attached hydrogens (tertiary/aromatic N) is 1. The van der Waals surface area contributed by atoms with Crippen LogP contribution in [0.3, 0.4) is 0 Å². The van der Waals surface area contributed by atoms with E-state index in [0.717, 1.165) is 11.1 Å². The van der Waals surface area contributed by atoms with Crippen LogP contribution in [-0.2, 0) is 23.8 Å². The third-order valence-corrected chi connectivity index (χ3v) is 6.49.